The van der Waals surface area contributed by atoms with E-state index in [0.29, 0.717) is 11.7 Å². The number of nitrogens with one attached hydrogen (secondary N) is 1. The van der Waals surface area contributed by atoms with Crippen LogP contribution in [0.2, 0.25) is 0 Å². The number of piperidine rings is 1. The number of hydrogen-bond donors (Lipinski definition) is 2. The number of aryl methyl sites for hydroxylation is 2. The summed E-state index contributed by atoms with van der Waals surface area (Å²) < 4.78 is 5.71. The van der Waals surface area contributed by atoms with Gasteiger partial charge in [0.25, 0.3) is 5.91 Å². The van der Waals surface area contributed by atoms with Crippen molar-refractivity contribution in [2.45, 2.75) is 46.1 Å². The summed E-state index contributed by atoms with van der Waals surface area (Å²) in [6, 6.07) is 12.1. The number of ether oxygens (including phenoxy) is 1. The van der Waals surface area contributed by atoms with Crippen molar-refractivity contribution >= 4 is 23.0 Å². The number of carbonyl (C=O) groups is 1. The molecule has 1 aliphatic rings. The monoisotopic (exact) mass is 367 g/mol. The first kappa shape index (κ1) is 19.1. The third-order valence-corrected chi connectivity index (χ3v) is 5.10. The molecule has 144 valence electrons. The number of nitrogen functional groups attached to an aromatic ring is 1. The maximum absolute atomic E-state index is 12.5. The van der Waals surface area contributed by atoms with E-state index >= 15 is 0 Å². The summed E-state index contributed by atoms with van der Waals surface area (Å²) in [6.45, 7) is 7.20. The van der Waals surface area contributed by atoms with Gasteiger partial charge >= 0.3 is 0 Å². The molecule has 1 aliphatic heterocycles. The molecule has 1 amide bonds. The van der Waals surface area contributed by atoms with Crippen LogP contribution >= 0.6 is 0 Å². The average molecular weight is 367 g/mol. The number of nitrogens with zero attached hydrogens (tertiary/aromatic N) is 1. The average Bonchev–Trinajstić information content (AvgIpc) is 2.62. The molecule has 0 aliphatic carbocycles. The van der Waals surface area contributed by atoms with E-state index in [4.69, 9.17) is 10.5 Å². The Bertz CT molecular complexity index is 819. The van der Waals surface area contributed by atoms with Gasteiger partial charge in [-0.15, -0.1) is 0 Å². The maximum Gasteiger partial charge on any atom is 0.262 e. The van der Waals surface area contributed by atoms with Gasteiger partial charge < -0.3 is 20.7 Å². The van der Waals surface area contributed by atoms with Gasteiger partial charge in [-0.2, -0.15) is 0 Å². The van der Waals surface area contributed by atoms with Gasteiger partial charge in [0.05, 0.1) is 11.4 Å². The molecule has 1 fully saturated rings. The van der Waals surface area contributed by atoms with E-state index in [1.165, 1.54) is 12.0 Å². The number of anilines is 3. The largest absolute Gasteiger partial charge is 0.483 e. The quantitative estimate of drug-likeness (QED) is 0.774. The van der Waals surface area contributed by atoms with Crippen LogP contribution in [0.3, 0.4) is 0 Å². The van der Waals surface area contributed by atoms with E-state index in [-0.39, 0.29) is 12.5 Å². The van der Waals surface area contributed by atoms with Crippen molar-refractivity contribution < 1.29 is 9.53 Å². The number of hydrogen-bond acceptors (Lipinski definition) is 4. The van der Waals surface area contributed by atoms with Crippen LogP contribution in [0.1, 0.15) is 37.3 Å². The van der Waals surface area contributed by atoms with Crippen LogP contribution < -0.4 is 20.7 Å². The summed E-state index contributed by atoms with van der Waals surface area (Å²) in [7, 11) is 0. The van der Waals surface area contributed by atoms with Crippen molar-refractivity contribution in [3.8, 4) is 5.75 Å². The van der Waals surface area contributed by atoms with Gasteiger partial charge in [0.15, 0.2) is 6.61 Å². The van der Waals surface area contributed by atoms with E-state index in [1.54, 1.807) is 0 Å². The van der Waals surface area contributed by atoms with Crippen molar-refractivity contribution in [3.63, 3.8) is 0 Å². The molecule has 0 aromatic heterocycles. The van der Waals surface area contributed by atoms with Gasteiger partial charge in [-0.25, -0.2) is 0 Å². The van der Waals surface area contributed by atoms with Crippen LogP contribution in [0.15, 0.2) is 36.4 Å². The highest BCUT2D eigenvalue weighted by molar-refractivity contribution is 5.96. The van der Waals surface area contributed by atoms with Crippen LogP contribution in [-0.4, -0.2) is 25.1 Å². The molecule has 2 aromatic rings. The smallest absolute Gasteiger partial charge is 0.262 e. The zero-order valence-electron chi connectivity index (χ0n) is 16.4. The Balaban J connectivity index is 1.70. The van der Waals surface area contributed by atoms with E-state index in [9.17, 15) is 4.79 Å². The number of amides is 1. The summed E-state index contributed by atoms with van der Waals surface area (Å²) in [5, 5.41) is 2.98. The van der Waals surface area contributed by atoms with Crippen LogP contribution in [0.4, 0.5) is 17.1 Å². The molecule has 1 heterocycles. The molecule has 1 atom stereocenters. The Hall–Kier alpha value is -2.69. The van der Waals surface area contributed by atoms with Gasteiger partial charge in [0.2, 0.25) is 0 Å². The molecule has 0 radical (unpaired) electrons. The summed E-state index contributed by atoms with van der Waals surface area (Å²) in [5.74, 6) is 0.541. The summed E-state index contributed by atoms with van der Waals surface area (Å²) in [5.41, 5.74) is 10.6. The van der Waals surface area contributed by atoms with Crippen molar-refractivity contribution in [2.75, 3.05) is 29.1 Å². The summed E-state index contributed by atoms with van der Waals surface area (Å²) >= 11 is 0. The molecular formula is C22H29N3O2. The molecule has 5 heteroatoms. The summed E-state index contributed by atoms with van der Waals surface area (Å²) in [6.07, 6.45) is 3.57. The van der Waals surface area contributed by atoms with Crippen LogP contribution in [0.25, 0.3) is 0 Å². The topological polar surface area (TPSA) is 67.6 Å². The number of nitrogens with two attached hydrogens (primary N) is 1. The second-order valence-electron chi connectivity index (χ2n) is 7.42. The molecule has 3 N–H and O–H groups in total. The Morgan fingerprint density at radius 1 is 1.22 bits per heavy atom. The van der Waals surface area contributed by atoms with Gasteiger partial charge in [-0.05, 0) is 69.9 Å². The van der Waals surface area contributed by atoms with E-state index in [0.717, 1.165) is 42.1 Å². The third-order valence-electron chi connectivity index (χ3n) is 5.10. The first-order valence-electron chi connectivity index (χ1n) is 9.60. The highest BCUT2D eigenvalue weighted by atomic mass is 16.5. The van der Waals surface area contributed by atoms with Crippen LogP contribution in [0.5, 0.6) is 5.75 Å². The lowest BCUT2D eigenvalue weighted by atomic mass is 10.0. The number of carbonyl (C=O) groups excluding carboxylic acids is 1. The zero-order chi connectivity index (χ0) is 19.4. The Labute approximate surface area is 161 Å². The van der Waals surface area contributed by atoms with Crippen molar-refractivity contribution in [3.05, 3.63) is 47.5 Å². The molecule has 3 rings (SSSR count). The number of rotatable bonds is 5. The zero-order valence-corrected chi connectivity index (χ0v) is 16.4. The van der Waals surface area contributed by atoms with Crippen molar-refractivity contribution in [2.24, 2.45) is 0 Å². The highest BCUT2D eigenvalue weighted by Crippen LogP contribution is 2.33. The predicted molar refractivity (Wildman–Crippen MR) is 112 cm³/mol. The van der Waals surface area contributed by atoms with E-state index < -0.39 is 0 Å². The fraction of sp³-hybridized carbons (Fsp3) is 0.409. The minimum absolute atomic E-state index is 0.0340. The standard InChI is InChI=1S/C22H29N3O2/c1-15-7-10-21(16(2)12-15)27-14-22(26)24-19-13-18(23)8-9-20(19)25-11-5-4-6-17(25)3/h7-10,12-13,17H,4-6,11,14,23H2,1-3H3,(H,24,26)/t17-/m0/s1. The third kappa shape index (κ3) is 4.73. The molecule has 0 spiro atoms. The van der Waals surface area contributed by atoms with E-state index in [2.05, 4.69) is 17.1 Å². The SMILES string of the molecule is Cc1ccc(OCC(=O)Nc2cc(N)ccc2N2CCCC[C@@H]2C)c(C)c1. The second kappa shape index (κ2) is 8.33. The fourth-order valence-electron chi connectivity index (χ4n) is 3.65. The van der Waals surface area contributed by atoms with E-state index in [1.807, 2.05) is 50.2 Å². The number of benzene rings is 2. The first-order valence-corrected chi connectivity index (χ1v) is 9.60. The van der Waals surface area contributed by atoms with Gasteiger partial charge in [-0.1, -0.05) is 17.7 Å². The lowest BCUT2D eigenvalue weighted by Crippen LogP contribution is -2.38. The lowest BCUT2D eigenvalue weighted by Gasteiger charge is -2.36. The van der Waals surface area contributed by atoms with Crippen molar-refractivity contribution in [1.29, 1.82) is 0 Å². The molecule has 27 heavy (non-hydrogen) atoms. The molecule has 2 aromatic carbocycles. The Morgan fingerprint density at radius 3 is 2.78 bits per heavy atom. The van der Waals surface area contributed by atoms with Gasteiger partial charge in [0, 0.05) is 18.3 Å². The Kier molecular flexibility index (Phi) is 5.89. The molecule has 0 bridgehead atoms. The fourth-order valence-corrected chi connectivity index (χ4v) is 3.65. The summed E-state index contributed by atoms with van der Waals surface area (Å²) in [4.78, 5) is 14.8. The van der Waals surface area contributed by atoms with Crippen LogP contribution in [-0.2, 0) is 4.79 Å². The molecular weight excluding hydrogens is 338 g/mol. The normalized spacial score (nSPS) is 16.9. The second-order valence-corrected chi connectivity index (χ2v) is 7.42. The lowest BCUT2D eigenvalue weighted by molar-refractivity contribution is -0.118. The maximum atomic E-state index is 12.5. The minimum atomic E-state index is -0.188. The van der Waals surface area contributed by atoms with Crippen molar-refractivity contribution in [1.82, 2.24) is 0 Å². The molecule has 5 nitrogen and oxygen atoms in total. The Morgan fingerprint density at radius 2 is 2.04 bits per heavy atom. The molecule has 1 saturated heterocycles. The first-order chi connectivity index (χ1) is 12.9. The molecule has 0 saturated carbocycles. The van der Waals surface area contributed by atoms with Crippen LogP contribution in [0, 0.1) is 13.8 Å². The highest BCUT2D eigenvalue weighted by Gasteiger charge is 2.21. The predicted octanol–water partition coefficient (Wildman–Crippen LogP) is 4.28. The van der Waals surface area contributed by atoms with Gasteiger partial charge in [-0.3, -0.25) is 4.79 Å². The minimum Gasteiger partial charge on any atom is -0.483 e. The van der Waals surface area contributed by atoms with Gasteiger partial charge in [0.1, 0.15) is 5.75 Å². The molecule has 0 unspecified atom stereocenters.